The molecule has 68 heavy (non-hydrogen) atoms. The Hall–Kier alpha value is -3.60. The van der Waals surface area contributed by atoms with Gasteiger partial charge in [-0.05, 0) is 135 Å². The summed E-state index contributed by atoms with van der Waals surface area (Å²) in [4.78, 5) is 57.9. The van der Waals surface area contributed by atoms with Crippen molar-refractivity contribution in [3.63, 3.8) is 0 Å². The number of carbonyl (C=O) groups is 5. The van der Waals surface area contributed by atoms with E-state index in [1.165, 1.54) is 12.1 Å². The maximum Gasteiger partial charge on any atom is 0.307 e. The molecule has 0 saturated carbocycles. The number of carboxylic acid groups (broad SMARTS) is 1. The number of carbonyl (C=O) groups excluding carboxylic acids is 4. The highest BCUT2D eigenvalue weighted by Crippen LogP contribution is 2.20. The highest BCUT2D eigenvalue weighted by atomic mass is 32.2. The summed E-state index contributed by atoms with van der Waals surface area (Å²) in [5.41, 5.74) is 8.96. The summed E-state index contributed by atoms with van der Waals surface area (Å²) >= 11 is 0. The molecular formula is C52H100N4O11S. The van der Waals surface area contributed by atoms with Gasteiger partial charge in [0.15, 0.2) is 6.04 Å². The van der Waals surface area contributed by atoms with Crippen LogP contribution in [-0.2, 0) is 43.6 Å². The highest BCUT2D eigenvalue weighted by molar-refractivity contribution is 7.85. The summed E-state index contributed by atoms with van der Waals surface area (Å²) in [5.74, 6) is 0.576. The molecule has 0 saturated heterocycles. The van der Waals surface area contributed by atoms with E-state index in [1.807, 2.05) is 41.5 Å². The molecule has 0 aliphatic rings. The number of amides is 2. The predicted octanol–water partition coefficient (Wildman–Crippen LogP) is 8.70. The number of rotatable bonds is 22. The molecule has 0 aliphatic heterocycles. The number of hydrogen-bond donors (Lipinski definition) is 5. The van der Waals surface area contributed by atoms with Gasteiger partial charge in [0.1, 0.15) is 21.3 Å². The molecule has 0 bridgehead atoms. The summed E-state index contributed by atoms with van der Waals surface area (Å²) in [6.07, 6.45) is 5.31. The zero-order chi connectivity index (χ0) is 54.2. The second kappa shape index (κ2) is 37.3. The van der Waals surface area contributed by atoms with E-state index in [0.717, 1.165) is 50.3 Å². The maximum atomic E-state index is 12.2. The van der Waals surface area contributed by atoms with Crippen LogP contribution in [0.1, 0.15) is 182 Å². The normalized spacial score (nSPS) is 12.8. The van der Waals surface area contributed by atoms with E-state index in [4.69, 9.17) is 20.3 Å². The zero-order valence-corrected chi connectivity index (χ0v) is 46.8. The monoisotopic (exact) mass is 989 g/mol. The minimum Gasteiger partial charge on any atom is -0.744 e. The molecule has 0 aliphatic carbocycles. The number of nitrogens with two attached hydrogens (primary N) is 1. The van der Waals surface area contributed by atoms with Crippen LogP contribution in [0.3, 0.4) is 0 Å². The quantitative estimate of drug-likeness (QED) is 0.0540. The van der Waals surface area contributed by atoms with Crippen molar-refractivity contribution in [2.24, 2.45) is 53.1 Å². The molecule has 16 heteroatoms. The Morgan fingerprint density at radius 3 is 1.26 bits per heavy atom. The molecule has 2 amide bonds. The van der Waals surface area contributed by atoms with E-state index in [0.29, 0.717) is 43.1 Å². The molecule has 400 valence electrons. The minimum atomic E-state index is -4.27. The van der Waals surface area contributed by atoms with Gasteiger partial charge in [-0.2, -0.15) is 0 Å². The Balaban J connectivity index is -0.000000393. The first-order chi connectivity index (χ1) is 30.8. The third kappa shape index (κ3) is 48.8. The summed E-state index contributed by atoms with van der Waals surface area (Å²) in [5, 5.41) is 14.8. The third-order valence-corrected chi connectivity index (χ3v) is 9.97. The Morgan fingerprint density at radius 2 is 0.971 bits per heavy atom. The van der Waals surface area contributed by atoms with Gasteiger partial charge < -0.3 is 41.2 Å². The average Bonchev–Trinajstić information content (AvgIpc) is 3.12. The summed E-state index contributed by atoms with van der Waals surface area (Å²) < 4.78 is 41.6. The highest BCUT2D eigenvalue weighted by Gasteiger charge is 2.27. The van der Waals surface area contributed by atoms with Gasteiger partial charge in [-0.15, -0.1) is 0 Å². The van der Waals surface area contributed by atoms with Gasteiger partial charge in [-0.1, -0.05) is 101 Å². The van der Waals surface area contributed by atoms with Crippen LogP contribution in [0.5, 0.6) is 0 Å². The molecule has 15 nitrogen and oxygen atoms in total. The van der Waals surface area contributed by atoms with E-state index in [1.54, 1.807) is 32.9 Å². The molecule has 0 fully saturated rings. The molecular weight excluding hydrogens is 889 g/mol. The molecule has 8 N–H and O–H groups in total. The number of esters is 2. The molecule has 1 rings (SSSR count). The van der Waals surface area contributed by atoms with Crippen molar-refractivity contribution < 1.29 is 57.3 Å². The fourth-order valence-electron chi connectivity index (χ4n) is 5.83. The van der Waals surface area contributed by atoms with Crippen LogP contribution < -0.4 is 22.1 Å². The van der Waals surface area contributed by atoms with Gasteiger partial charge in [0.25, 0.3) is 5.91 Å². The molecule has 0 unspecified atom stereocenters. The lowest BCUT2D eigenvalue weighted by Crippen LogP contribution is -2.67. The van der Waals surface area contributed by atoms with E-state index < -0.39 is 39.2 Å². The fourth-order valence-corrected chi connectivity index (χ4v) is 6.30. The van der Waals surface area contributed by atoms with Gasteiger partial charge in [-0.25, -0.2) is 8.42 Å². The topological polar surface area (TPSA) is 259 Å². The van der Waals surface area contributed by atoms with Crippen LogP contribution in [0.2, 0.25) is 0 Å². The number of aliphatic carboxylic acids is 1. The first-order valence-electron chi connectivity index (χ1n) is 24.6. The number of quaternary nitrogens is 1. The van der Waals surface area contributed by atoms with Crippen molar-refractivity contribution in [2.45, 2.75) is 205 Å². The number of hydrogen-bond acceptors (Lipinski definition) is 11. The zero-order valence-electron chi connectivity index (χ0n) is 46.0. The fraction of sp³-hybridized carbons (Fsp3) is 0.788. The van der Waals surface area contributed by atoms with Crippen LogP contribution in [-0.4, -0.2) is 84.7 Å². The molecule has 0 spiro atoms. The first-order valence-corrected chi connectivity index (χ1v) is 26.0. The second-order valence-electron chi connectivity index (χ2n) is 22.1. The number of aryl methyl sites for hydroxylation is 1. The van der Waals surface area contributed by atoms with Crippen molar-refractivity contribution in [2.75, 3.05) is 19.6 Å². The van der Waals surface area contributed by atoms with Crippen molar-refractivity contribution in [3.8, 4) is 0 Å². The van der Waals surface area contributed by atoms with Gasteiger partial charge in [0.2, 0.25) is 5.91 Å². The first kappa shape index (κ1) is 71.0. The maximum absolute atomic E-state index is 12.2. The molecule has 0 aromatic heterocycles. The van der Waals surface area contributed by atoms with Crippen molar-refractivity contribution >= 4 is 39.8 Å². The lowest BCUT2D eigenvalue weighted by Gasteiger charge is -2.23. The largest absolute Gasteiger partial charge is 0.744 e. The summed E-state index contributed by atoms with van der Waals surface area (Å²) in [6, 6.07) is 5.69. The van der Waals surface area contributed by atoms with Gasteiger partial charge in [-0.3, -0.25) is 24.0 Å². The molecule has 1 aromatic rings. The Morgan fingerprint density at radius 1 is 0.618 bits per heavy atom. The van der Waals surface area contributed by atoms with Crippen LogP contribution in [0, 0.1) is 54.3 Å². The molecule has 0 radical (unpaired) electrons. The second-order valence-corrected chi connectivity index (χ2v) is 23.5. The Bertz CT molecular complexity index is 1630. The van der Waals surface area contributed by atoms with Crippen molar-refractivity contribution in [1.29, 1.82) is 0 Å². The van der Waals surface area contributed by atoms with Crippen LogP contribution in [0.25, 0.3) is 0 Å². The van der Waals surface area contributed by atoms with E-state index in [2.05, 4.69) is 85.6 Å². The van der Waals surface area contributed by atoms with Crippen LogP contribution in [0.4, 0.5) is 0 Å². The molecule has 0 heterocycles. The smallest absolute Gasteiger partial charge is 0.307 e. The third-order valence-electron chi connectivity index (χ3n) is 9.12. The number of benzene rings is 1. The predicted molar refractivity (Wildman–Crippen MR) is 273 cm³/mol. The summed E-state index contributed by atoms with van der Waals surface area (Å²) in [6.45, 7) is 40.0. The molecule has 3 atom stereocenters. The SMILES string of the molecule is CC(C)CCN.CC(C)CCNC(=O)[C@@H](CC(=O)OC(C)(C)C)CC(C)C.CC(C)CCNC(=O)[C@@H]([NH3+])CC(C)C.CC(C)C[C@H](CC(=O)OC(C)(C)C)C(=O)O.Cc1ccc(S(=O)(=O)[O-])cc1. The lowest BCUT2D eigenvalue weighted by atomic mass is 9.93. The van der Waals surface area contributed by atoms with E-state index >= 15 is 0 Å². The average molecular weight is 989 g/mol. The lowest BCUT2D eigenvalue weighted by molar-refractivity contribution is -0.406. The van der Waals surface area contributed by atoms with Crippen LogP contribution >= 0.6 is 0 Å². The molecule has 1 aromatic carbocycles. The minimum absolute atomic E-state index is 0.0322. The number of carboxylic acids is 1. The van der Waals surface area contributed by atoms with Crippen LogP contribution in [0.15, 0.2) is 29.2 Å². The van der Waals surface area contributed by atoms with Gasteiger partial charge in [0.05, 0.1) is 23.7 Å². The van der Waals surface area contributed by atoms with E-state index in [9.17, 15) is 36.9 Å². The van der Waals surface area contributed by atoms with Gasteiger partial charge >= 0.3 is 17.9 Å². The number of nitrogens with one attached hydrogen (secondary N) is 2. The summed E-state index contributed by atoms with van der Waals surface area (Å²) in [7, 11) is -4.27. The van der Waals surface area contributed by atoms with Crippen molar-refractivity contribution in [3.05, 3.63) is 29.8 Å². The van der Waals surface area contributed by atoms with E-state index in [-0.39, 0.29) is 53.4 Å². The van der Waals surface area contributed by atoms with Crippen molar-refractivity contribution in [1.82, 2.24) is 10.6 Å². The number of ether oxygens (including phenoxy) is 2. The van der Waals surface area contributed by atoms with Gasteiger partial charge in [0, 0.05) is 25.4 Å². The Kier molecular flexibility index (Phi) is 38.9. The standard InChI is InChI=1S/C17H33NO3.C12H22O4.C11H24N2O.C7H8O3S.C5H13N/c1-12(2)8-9-18-16(20)14(10-13(3)4)11-15(19)21-17(5,6)7;1-8(2)6-9(11(14)15)7-10(13)16-12(3,4)5;1-8(2)5-6-13-11(14)10(12)7-9(3)4;1-6-2-4-7(5-3-6)11(8,9)10;1-5(2)3-4-6/h12-14H,8-11H2,1-7H3,(H,18,20);8-9H,6-7H2,1-5H3,(H,14,15);8-10H,5-7,12H2,1-4H3,(H,13,14);2-5H,1H3,(H,8,9,10);5H,3-4,6H2,1-2H3/t14-;9-;10-;;/m110../s1. The Labute approximate surface area is 413 Å².